The molecule has 0 aromatic heterocycles. The number of allylic oxidation sites excluding steroid dienone is 2. The van der Waals surface area contributed by atoms with Crippen LogP contribution in [-0.4, -0.2) is 22.8 Å². The van der Waals surface area contributed by atoms with E-state index >= 15 is 0 Å². The van der Waals surface area contributed by atoms with Crippen molar-refractivity contribution in [3.05, 3.63) is 12.2 Å². The lowest BCUT2D eigenvalue weighted by molar-refractivity contribution is -0.137. The summed E-state index contributed by atoms with van der Waals surface area (Å²) >= 11 is 0. The van der Waals surface area contributed by atoms with Gasteiger partial charge in [0.1, 0.15) is 5.78 Å². The zero-order chi connectivity index (χ0) is 15.7. The molecule has 0 bridgehead atoms. The number of hydrogen-bond acceptors (Lipinski definition) is 3. The summed E-state index contributed by atoms with van der Waals surface area (Å²) < 4.78 is 0. The van der Waals surface area contributed by atoms with Gasteiger partial charge in [0.25, 0.3) is 0 Å². The van der Waals surface area contributed by atoms with E-state index in [2.05, 4.69) is 19.9 Å². The Morgan fingerprint density at radius 3 is 2.68 bits per heavy atom. The van der Waals surface area contributed by atoms with Gasteiger partial charge in [0.05, 0.1) is 6.10 Å². The van der Waals surface area contributed by atoms with Crippen LogP contribution in [0.4, 0.5) is 0 Å². The van der Waals surface area contributed by atoms with Crippen LogP contribution in [0.3, 0.4) is 0 Å². The molecule has 120 valence electrons. The Balaban J connectivity index is 1.72. The van der Waals surface area contributed by atoms with Crippen LogP contribution in [-0.2, 0) is 9.59 Å². The lowest BCUT2D eigenvalue weighted by Gasteiger charge is -2.58. The molecular formula is C19H26O3. The zero-order valence-electron chi connectivity index (χ0n) is 13.5. The summed E-state index contributed by atoms with van der Waals surface area (Å²) in [6.45, 7) is 4.39. The molecule has 4 rings (SSSR count). The molecule has 0 aliphatic heterocycles. The summed E-state index contributed by atoms with van der Waals surface area (Å²) in [7, 11) is 0. The maximum absolute atomic E-state index is 12.4. The normalized spacial score (nSPS) is 53.9. The molecule has 0 aromatic carbocycles. The van der Waals surface area contributed by atoms with E-state index in [4.69, 9.17) is 0 Å². The second kappa shape index (κ2) is 4.53. The van der Waals surface area contributed by atoms with Crippen molar-refractivity contribution >= 4 is 11.6 Å². The van der Waals surface area contributed by atoms with Crippen molar-refractivity contribution in [3.8, 4) is 0 Å². The second-order valence-corrected chi connectivity index (χ2v) is 8.59. The number of carbonyl (C=O) groups is 2. The molecule has 0 aromatic rings. The quantitative estimate of drug-likeness (QED) is 0.748. The highest BCUT2D eigenvalue weighted by Crippen LogP contribution is 2.64. The molecular weight excluding hydrogens is 276 g/mol. The van der Waals surface area contributed by atoms with Crippen molar-refractivity contribution < 1.29 is 14.7 Å². The van der Waals surface area contributed by atoms with Gasteiger partial charge in [-0.15, -0.1) is 0 Å². The van der Waals surface area contributed by atoms with Gasteiger partial charge in [-0.1, -0.05) is 19.9 Å². The molecule has 0 radical (unpaired) electrons. The fourth-order valence-corrected chi connectivity index (χ4v) is 6.47. The van der Waals surface area contributed by atoms with Gasteiger partial charge in [-0.2, -0.15) is 0 Å². The fraction of sp³-hybridized carbons (Fsp3) is 0.789. The summed E-state index contributed by atoms with van der Waals surface area (Å²) in [6.07, 6.45) is 8.59. The monoisotopic (exact) mass is 302 g/mol. The summed E-state index contributed by atoms with van der Waals surface area (Å²) in [5.41, 5.74) is -0.235. The molecule has 22 heavy (non-hydrogen) atoms. The highest BCUT2D eigenvalue weighted by Gasteiger charge is 2.62. The number of fused-ring (bicyclic) bond motifs is 5. The van der Waals surface area contributed by atoms with E-state index in [1.165, 1.54) is 0 Å². The molecule has 0 saturated heterocycles. The van der Waals surface area contributed by atoms with Crippen molar-refractivity contribution in [2.45, 2.75) is 58.5 Å². The van der Waals surface area contributed by atoms with Crippen molar-refractivity contribution in [1.29, 1.82) is 0 Å². The van der Waals surface area contributed by atoms with Crippen LogP contribution in [0.5, 0.6) is 0 Å². The third-order valence-electron chi connectivity index (χ3n) is 7.74. The average molecular weight is 302 g/mol. The number of aliphatic hydroxyl groups excluding tert-OH is 1. The van der Waals surface area contributed by atoms with E-state index < -0.39 is 6.10 Å². The molecule has 3 heteroatoms. The lowest BCUT2D eigenvalue weighted by atomic mass is 9.46. The fourth-order valence-electron chi connectivity index (χ4n) is 6.47. The molecule has 0 spiro atoms. The predicted molar refractivity (Wildman–Crippen MR) is 83.0 cm³/mol. The molecule has 3 fully saturated rings. The molecule has 3 saturated carbocycles. The highest BCUT2D eigenvalue weighted by molar-refractivity contribution is 5.91. The van der Waals surface area contributed by atoms with Gasteiger partial charge in [0, 0.05) is 24.2 Å². The summed E-state index contributed by atoms with van der Waals surface area (Å²) in [5, 5.41) is 10.5. The largest absolute Gasteiger partial charge is 0.392 e. The summed E-state index contributed by atoms with van der Waals surface area (Å²) in [4.78, 5) is 24.2. The van der Waals surface area contributed by atoms with Gasteiger partial charge in [0.15, 0.2) is 5.78 Å². The van der Waals surface area contributed by atoms with E-state index in [0.717, 1.165) is 25.7 Å². The van der Waals surface area contributed by atoms with E-state index in [0.29, 0.717) is 30.6 Å². The topological polar surface area (TPSA) is 54.4 Å². The molecule has 2 unspecified atom stereocenters. The van der Waals surface area contributed by atoms with Crippen LogP contribution in [0, 0.1) is 34.5 Å². The van der Waals surface area contributed by atoms with Crippen LogP contribution < -0.4 is 0 Å². The minimum absolute atomic E-state index is 0.0729. The molecule has 3 nitrogen and oxygen atoms in total. The van der Waals surface area contributed by atoms with E-state index in [1.807, 2.05) is 0 Å². The first kappa shape index (κ1) is 14.6. The number of carbonyl (C=O) groups excluding carboxylic acids is 2. The van der Waals surface area contributed by atoms with Gasteiger partial charge in [-0.05, 0) is 54.9 Å². The minimum atomic E-state index is -0.459. The smallest absolute Gasteiger partial charge is 0.155 e. The van der Waals surface area contributed by atoms with Crippen molar-refractivity contribution in [1.82, 2.24) is 0 Å². The van der Waals surface area contributed by atoms with Crippen molar-refractivity contribution in [3.63, 3.8) is 0 Å². The second-order valence-electron chi connectivity index (χ2n) is 8.59. The number of hydrogen-bond donors (Lipinski definition) is 1. The Hall–Kier alpha value is -0.960. The minimum Gasteiger partial charge on any atom is -0.392 e. The first-order valence-corrected chi connectivity index (χ1v) is 8.80. The molecule has 0 heterocycles. The standard InChI is InChI=1S/C19H26O3/c1-18-7-5-12(20)9-11(18)3-4-13-14(18)6-8-19(2)16(22)10-15(21)17(13)19/h5,7,11,13-15,17,21H,3-4,6,8-10H2,1-2H3/t11?,13-,14-,15?,17-,18+,19-/m1/s1. The molecule has 4 aliphatic carbocycles. The van der Waals surface area contributed by atoms with Crippen LogP contribution >= 0.6 is 0 Å². The highest BCUT2D eigenvalue weighted by atomic mass is 16.3. The number of aliphatic hydroxyl groups is 1. The third kappa shape index (κ3) is 1.72. The van der Waals surface area contributed by atoms with E-state index in [1.54, 1.807) is 6.08 Å². The SMILES string of the molecule is C[C@]12C=CC(=O)CC1CC[C@@H]1[C@H]2CC[C@]2(C)C(=O)CC(O)[C@@H]12. The third-order valence-corrected chi connectivity index (χ3v) is 7.74. The molecule has 0 amide bonds. The summed E-state index contributed by atoms with van der Waals surface area (Å²) in [6, 6.07) is 0. The predicted octanol–water partition coefficient (Wildman–Crippen LogP) is 2.91. The van der Waals surface area contributed by atoms with Crippen molar-refractivity contribution in [2.24, 2.45) is 34.5 Å². The van der Waals surface area contributed by atoms with E-state index in [9.17, 15) is 14.7 Å². The first-order valence-electron chi connectivity index (χ1n) is 8.80. The first-order chi connectivity index (χ1) is 10.4. The van der Waals surface area contributed by atoms with Crippen molar-refractivity contribution in [2.75, 3.05) is 0 Å². The van der Waals surface area contributed by atoms with Crippen LogP contribution in [0.1, 0.15) is 52.4 Å². The number of ketones is 2. The Labute approximate surface area is 132 Å². The zero-order valence-corrected chi connectivity index (χ0v) is 13.5. The van der Waals surface area contributed by atoms with Crippen LogP contribution in [0.25, 0.3) is 0 Å². The van der Waals surface area contributed by atoms with Crippen LogP contribution in [0.15, 0.2) is 12.2 Å². The number of rotatable bonds is 0. The van der Waals surface area contributed by atoms with Gasteiger partial charge in [-0.25, -0.2) is 0 Å². The maximum atomic E-state index is 12.4. The molecule has 7 atom stereocenters. The summed E-state index contributed by atoms with van der Waals surface area (Å²) in [5.74, 6) is 2.05. The van der Waals surface area contributed by atoms with Gasteiger partial charge in [-0.3, -0.25) is 9.59 Å². The Morgan fingerprint density at radius 2 is 1.91 bits per heavy atom. The van der Waals surface area contributed by atoms with Gasteiger partial charge >= 0.3 is 0 Å². The van der Waals surface area contributed by atoms with Crippen LogP contribution in [0.2, 0.25) is 0 Å². The Bertz CT molecular complexity index is 565. The van der Waals surface area contributed by atoms with Gasteiger partial charge < -0.3 is 5.11 Å². The maximum Gasteiger partial charge on any atom is 0.155 e. The van der Waals surface area contributed by atoms with Gasteiger partial charge in [0.2, 0.25) is 0 Å². The number of Topliss-reactive ketones (excluding diaryl/α,β-unsaturated/α-hetero) is 1. The van der Waals surface area contributed by atoms with E-state index in [-0.39, 0.29) is 28.3 Å². The Morgan fingerprint density at radius 1 is 1.14 bits per heavy atom. The lowest BCUT2D eigenvalue weighted by Crippen LogP contribution is -2.54. The average Bonchev–Trinajstić information content (AvgIpc) is 2.70. The molecule has 1 N–H and O–H groups in total. The molecule has 4 aliphatic rings. The Kier molecular flexibility index (Phi) is 3.01.